The number of carboxylic acid groups (broad SMARTS) is 1. The van der Waals surface area contributed by atoms with Gasteiger partial charge in [0.1, 0.15) is 11.7 Å². The summed E-state index contributed by atoms with van der Waals surface area (Å²) >= 11 is 0. The van der Waals surface area contributed by atoms with Crippen LogP contribution < -0.4 is 4.90 Å². The molecule has 1 unspecified atom stereocenters. The third kappa shape index (κ3) is 3.06. The molecule has 0 aliphatic heterocycles. The van der Waals surface area contributed by atoms with E-state index in [1.54, 1.807) is 13.8 Å². The minimum absolute atomic E-state index is 0.308. The van der Waals surface area contributed by atoms with Crippen LogP contribution in [0.5, 0.6) is 0 Å². The number of carboxylic acids is 1. The van der Waals surface area contributed by atoms with E-state index < -0.39 is 23.6 Å². The standard InChI is InChI=1S/C13H16FNO3/c1-8(2)11(13(17)18)12(16)15(3)10-6-4-9(14)5-7-10/h4-8,11H,1-3H3,(H,17,18). The quantitative estimate of drug-likeness (QED) is 0.836. The highest BCUT2D eigenvalue weighted by atomic mass is 19.1. The molecule has 0 radical (unpaired) electrons. The second-order valence-corrected chi connectivity index (χ2v) is 4.43. The Morgan fingerprint density at radius 2 is 1.72 bits per heavy atom. The number of carbonyl (C=O) groups is 2. The number of hydrogen-bond acceptors (Lipinski definition) is 2. The molecular formula is C13H16FNO3. The monoisotopic (exact) mass is 253 g/mol. The maximum absolute atomic E-state index is 12.8. The first kappa shape index (κ1) is 14.2. The van der Waals surface area contributed by atoms with Gasteiger partial charge >= 0.3 is 5.97 Å². The van der Waals surface area contributed by atoms with Crippen LogP contribution in [0.2, 0.25) is 0 Å². The van der Waals surface area contributed by atoms with Gasteiger partial charge in [-0.3, -0.25) is 9.59 Å². The van der Waals surface area contributed by atoms with Crippen molar-refractivity contribution in [1.82, 2.24) is 0 Å². The van der Waals surface area contributed by atoms with Gasteiger partial charge in [0, 0.05) is 12.7 Å². The van der Waals surface area contributed by atoms with Crippen LogP contribution in [0.25, 0.3) is 0 Å². The number of benzene rings is 1. The Balaban J connectivity index is 2.95. The van der Waals surface area contributed by atoms with Crippen LogP contribution in [0.15, 0.2) is 24.3 Å². The number of rotatable bonds is 4. The molecule has 0 spiro atoms. The second-order valence-electron chi connectivity index (χ2n) is 4.43. The Bertz CT molecular complexity index is 442. The molecule has 0 saturated carbocycles. The van der Waals surface area contributed by atoms with E-state index in [1.165, 1.54) is 36.2 Å². The SMILES string of the molecule is CC(C)C(C(=O)O)C(=O)N(C)c1ccc(F)cc1. The number of anilines is 1. The normalized spacial score (nSPS) is 12.3. The summed E-state index contributed by atoms with van der Waals surface area (Å²) in [6, 6.07) is 5.33. The number of amides is 1. The molecule has 1 atom stereocenters. The maximum atomic E-state index is 12.8. The molecule has 0 aliphatic rings. The van der Waals surface area contributed by atoms with Gasteiger partial charge in [-0.2, -0.15) is 0 Å². The van der Waals surface area contributed by atoms with Gasteiger partial charge in [0.25, 0.3) is 0 Å². The van der Waals surface area contributed by atoms with Crippen molar-refractivity contribution in [3.05, 3.63) is 30.1 Å². The van der Waals surface area contributed by atoms with Gasteiger partial charge in [-0.25, -0.2) is 4.39 Å². The molecule has 0 fully saturated rings. The largest absolute Gasteiger partial charge is 0.481 e. The van der Waals surface area contributed by atoms with E-state index >= 15 is 0 Å². The van der Waals surface area contributed by atoms with E-state index in [0.717, 1.165) is 0 Å². The zero-order valence-electron chi connectivity index (χ0n) is 10.6. The molecule has 1 N–H and O–H groups in total. The van der Waals surface area contributed by atoms with Crippen LogP contribution in [0.1, 0.15) is 13.8 Å². The average Bonchev–Trinajstić information content (AvgIpc) is 2.28. The van der Waals surface area contributed by atoms with Crippen LogP contribution in [0, 0.1) is 17.7 Å². The summed E-state index contributed by atoms with van der Waals surface area (Å²) in [6.45, 7) is 3.35. The molecule has 1 aromatic carbocycles. The van der Waals surface area contributed by atoms with Gasteiger partial charge in [-0.15, -0.1) is 0 Å². The van der Waals surface area contributed by atoms with Gasteiger partial charge in [0.15, 0.2) is 0 Å². The fraction of sp³-hybridized carbons (Fsp3) is 0.385. The lowest BCUT2D eigenvalue weighted by Crippen LogP contribution is -2.39. The Labute approximate surface area is 105 Å². The van der Waals surface area contributed by atoms with Crippen LogP contribution >= 0.6 is 0 Å². The Morgan fingerprint density at radius 3 is 2.11 bits per heavy atom. The molecule has 0 bridgehead atoms. The van der Waals surface area contributed by atoms with Crippen molar-refractivity contribution in [2.24, 2.45) is 11.8 Å². The smallest absolute Gasteiger partial charge is 0.316 e. The summed E-state index contributed by atoms with van der Waals surface area (Å²) in [5.74, 6) is -3.47. The fourth-order valence-corrected chi connectivity index (χ4v) is 1.68. The maximum Gasteiger partial charge on any atom is 0.316 e. The molecule has 0 saturated heterocycles. The van der Waals surface area contributed by atoms with E-state index in [-0.39, 0.29) is 5.92 Å². The lowest BCUT2D eigenvalue weighted by molar-refractivity contribution is -0.147. The summed E-state index contributed by atoms with van der Waals surface area (Å²) in [6.07, 6.45) is 0. The zero-order chi connectivity index (χ0) is 13.9. The summed E-state index contributed by atoms with van der Waals surface area (Å²) in [5, 5.41) is 9.05. The Hall–Kier alpha value is -1.91. The third-order valence-corrected chi connectivity index (χ3v) is 2.74. The van der Waals surface area contributed by atoms with E-state index in [1.807, 2.05) is 0 Å². The summed E-state index contributed by atoms with van der Waals surface area (Å²) in [7, 11) is 1.48. The minimum atomic E-state index is -1.15. The zero-order valence-corrected chi connectivity index (χ0v) is 10.6. The first-order valence-corrected chi connectivity index (χ1v) is 5.60. The van der Waals surface area contributed by atoms with Gasteiger partial charge in [0.05, 0.1) is 0 Å². The molecule has 5 heteroatoms. The van der Waals surface area contributed by atoms with Crippen molar-refractivity contribution < 1.29 is 19.1 Å². The van der Waals surface area contributed by atoms with Crippen LogP contribution in [0.4, 0.5) is 10.1 Å². The molecule has 1 aromatic rings. The first-order chi connectivity index (χ1) is 8.34. The number of hydrogen-bond donors (Lipinski definition) is 1. The molecule has 0 aliphatic carbocycles. The van der Waals surface area contributed by atoms with Crippen LogP contribution in [-0.2, 0) is 9.59 Å². The van der Waals surface area contributed by atoms with Gasteiger partial charge < -0.3 is 10.0 Å². The molecule has 0 aromatic heterocycles. The Morgan fingerprint density at radius 1 is 1.22 bits per heavy atom. The van der Waals surface area contributed by atoms with Crippen LogP contribution in [-0.4, -0.2) is 24.0 Å². The number of halogens is 1. The van der Waals surface area contributed by atoms with Crippen LogP contribution in [0.3, 0.4) is 0 Å². The highest BCUT2D eigenvalue weighted by Crippen LogP contribution is 2.20. The molecule has 1 rings (SSSR count). The second kappa shape index (κ2) is 5.62. The van der Waals surface area contributed by atoms with Crippen molar-refractivity contribution in [3.8, 4) is 0 Å². The summed E-state index contributed by atoms with van der Waals surface area (Å²) in [4.78, 5) is 24.4. The van der Waals surface area contributed by atoms with E-state index in [9.17, 15) is 14.0 Å². The lowest BCUT2D eigenvalue weighted by Gasteiger charge is -2.23. The van der Waals surface area contributed by atoms with Crippen molar-refractivity contribution in [3.63, 3.8) is 0 Å². The number of aliphatic carboxylic acids is 1. The first-order valence-electron chi connectivity index (χ1n) is 5.60. The van der Waals surface area contributed by atoms with Gasteiger partial charge in [0.2, 0.25) is 5.91 Å². The third-order valence-electron chi connectivity index (χ3n) is 2.74. The number of nitrogens with zero attached hydrogens (tertiary/aromatic N) is 1. The highest BCUT2D eigenvalue weighted by molar-refractivity contribution is 6.05. The molecule has 1 amide bonds. The van der Waals surface area contributed by atoms with Crippen molar-refractivity contribution in [2.75, 3.05) is 11.9 Å². The Kier molecular flexibility index (Phi) is 4.42. The highest BCUT2D eigenvalue weighted by Gasteiger charge is 2.32. The van der Waals surface area contributed by atoms with Crippen molar-refractivity contribution >= 4 is 17.6 Å². The molecule has 18 heavy (non-hydrogen) atoms. The van der Waals surface area contributed by atoms with E-state index in [0.29, 0.717) is 5.69 Å². The summed E-state index contributed by atoms with van der Waals surface area (Å²) < 4.78 is 12.8. The molecular weight excluding hydrogens is 237 g/mol. The van der Waals surface area contributed by atoms with Crippen molar-refractivity contribution in [2.45, 2.75) is 13.8 Å². The molecule has 98 valence electrons. The van der Waals surface area contributed by atoms with Crippen molar-refractivity contribution in [1.29, 1.82) is 0 Å². The van der Waals surface area contributed by atoms with Gasteiger partial charge in [-0.1, -0.05) is 13.8 Å². The number of carbonyl (C=O) groups excluding carboxylic acids is 1. The summed E-state index contributed by atoms with van der Waals surface area (Å²) in [5.41, 5.74) is 0.466. The van der Waals surface area contributed by atoms with E-state index in [4.69, 9.17) is 5.11 Å². The fourth-order valence-electron chi connectivity index (χ4n) is 1.68. The lowest BCUT2D eigenvalue weighted by atomic mass is 9.94. The predicted molar refractivity (Wildman–Crippen MR) is 65.8 cm³/mol. The van der Waals surface area contributed by atoms with E-state index in [2.05, 4.69) is 0 Å². The minimum Gasteiger partial charge on any atom is -0.481 e. The predicted octanol–water partition coefficient (Wildman–Crippen LogP) is 2.15. The molecule has 0 heterocycles. The average molecular weight is 253 g/mol. The van der Waals surface area contributed by atoms with Gasteiger partial charge in [-0.05, 0) is 30.2 Å². The topological polar surface area (TPSA) is 57.6 Å². The molecule has 4 nitrogen and oxygen atoms in total.